The van der Waals surface area contributed by atoms with Gasteiger partial charge in [0.25, 0.3) is 0 Å². The molecule has 2 atom stereocenters. The van der Waals surface area contributed by atoms with E-state index >= 15 is 0 Å². The fourth-order valence-electron chi connectivity index (χ4n) is 2.42. The lowest BCUT2D eigenvalue weighted by Crippen LogP contribution is -2.26. The second kappa shape index (κ2) is 5.01. The van der Waals surface area contributed by atoms with Crippen molar-refractivity contribution in [1.29, 1.82) is 0 Å². The Bertz CT molecular complexity index is 255. The van der Waals surface area contributed by atoms with Crippen molar-refractivity contribution < 1.29 is 0 Å². The molecule has 0 spiro atoms. The first-order chi connectivity index (χ1) is 6.97. The Labute approximate surface area is 95.5 Å². The van der Waals surface area contributed by atoms with Gasteiger partial charge in [-0.1, -0.05) is 57.9 Å². The fourth-order valence-corrected chi connectivity index (χ4v) is 2.42. The second-order valence-electron chi connectivity index (χ2n) is 5.72. The fraction of sp³-hybridized carbons (Fsp3) is 0.733. The molecule has 0 fully saturated rings. The standard InChI is InChI=1S/C15H26/c1-6-12(2)9-10-14-13(3)8-7-11-15(14,4)5/h8-10,12,14H,6-7,11H2,1-5H3/b10-9+. The van der Waals surface area contributed by atoms with Gasteiger partial charge in [-0.25, -0.2) is 0 Å². The van der Waals surface area contributed by atoms with Gasteiger partial charge in [-0.05, 0) is 31.1 Å². The Morgan fingerprint density at radius 1 is 1.53 bits per heavy atom. The summed E-state index contributed by atoms with van der Waals surface area (Å²) in [5.74, 6) is 1.37. The average Bonchev–Trinajstić information content (AvgIpc) is 2.15. The van der Waals surface area contributed by atoms with E-state index in [9.17, 15) is 0 Å². The van der Waals surface area contributed by atoms with Gasteiger partial charge < -0.3 is 0 Å². The summed E-state index contributed by atoms with van der Waals surface area (Å²) in [6.45, 7) is 11.6. The van der Waals surface area contributed by atoms with Crippen LogP contribution < -0.4 is 0 Å². The van der Waals surface area contributed by atoms with E-state index in [4.69, 9.17) is 0 Å². The van der Waals surface area contributed by atoms with Crippen LogP contribution in [0.15, 0.2) is 23.8 Å². The summed E-state index contributed by atoms with van der Waals surface area (Å²) in [5, 5.41) is 0. The minimum Gasteiger partial charge on any atom is -0.0851 e. The van der Waals surface area contributed by atoms with E-state index in [1.54, 1.807) is 5.57 Å². The Hall–Kier alpha value is -0.520. The van der Waals surface area contributed by atoms with Crippen LogP contribution in [0.1, 0.15) is 53.9 Å². The van der Waals surface area contributed by atoms with Gasteiger partial charge in [-0.2, -0.15) is 0 Å². The molecule has 0 amide bonds. The minimum atomic E-state index is 0.447. The van der Waals surface area contributed by atoms with Crippen molar-refractivity contribution in [2.24, 2.45) is 17.3 Å². The quantitative estimate of drug-likeness (QED) is 0.572. The van der Waals surface area contributed by atoms with Crippen molar-refractivity contribution in [2.45, 2.75) is 53.9 Å². The molecule has 1 aliphatic rings. The first-order valence-corrected chi connectivity index (χ1v) is 6.32. The van der Waals surface area contributed by atoms with Gasteiger partial charge in [0, 0.05) is 5.92 Å². The van der Waals surface area contributed by atoms with E-state index in [0.29, 0.717) is 11.3 Å². The highest BCUT2D eigenvalue weighted by Crippen LogP contribution is 2.41. The molecule has 0 bridgehead atoms. The molecule has 0 aliphatic heterocycles. The summed E-state index contributed by atoms with van der Waals surface area (Å²) < 4.78 is 0. The molecular formula is C15H26. The van der Waals surface area contributed by atoms with Gasteiger partial charge in [0.15, 0.2) is 0 Å². The molecule has 0 saturated heterocycles. The highest BCUT2D eigenvalue weighted by Gasteiger charge is 2.30. The zero-order chi connectivity index (χ0) is 11.5. The summed E-state index contributed by atoms with van der Waals surface area (Å²) in [6, 6.07) is 0. The van der Waals surface area contributed by atoms with Crippen LogP contribution in [0.4, 0.5) is 0 Å². The van der Waals surface area contributed by atoms with E-state index in [1.807, 2.05) is 0 Å². The molecule has 2 unspecified atom stereocenters. The van der Waals surface area contributed by atoms with Gasteiger partial charge >= 0.3 is 0 Å². The second-order valence-corrected chi connectivity index (χ2v) is 5.72. The Balaban J connectivity index is 2.76. The maximum Gasteiger partial charge on any atom is 0.00254 e. The minimum absolute atomic E-state index is 0.447. The highest BCUT2D eigenvalue weighted by molar-refractivity contribution is 5.18. The van der Waals surface area contributed by atoms with Crippen molar-refractivity contribution in [3.05, 3.63) is 23.8 Å². The molecule has 0 aromatic rings. The predicted octanol–water partition coefficient (Wildman–Crippen LogP) is 4.97. The van der Waals surface area contributed by atoms with Crippen LogP contribution in [0.3, 0.4) is 0 Å². The Kier molecular flexibility index (Phi) is 4.19. The summed E-state index contributed by atoms with van der Waals surface area (Å²) >= 11 is 0. The molecule has 0 radical (unpaired) electrons. The summed E-state index contributed by atoms with van der Waals surface area (Å²) in [6.07, 6.45) is 11.1. The van der Waals surface area contributed by atoms with Crippen molar-refractivity contribution in [2.75, 3.05) is 0 Å². The zero-order valence-corrected chi connectivity index (χ0v) is 11.0. The third-order valence-electron chi connectivity index (χ3n) is 3.86. The van der Waals surface area contributed by atoms with Crippen LogP contribution >= 0.6 is 0 Å². The molecule has 1 rings (SSSR count). The first-order valence-electron chi connectivity index (χ1n) is 6.32. The van der Waals surface area contributed by atoms with Gasteiger partial charge in [0.05, 0.1) is 0 Å². The molecule has 86 valence electrons. The normalized spacial score (nSPS) is 27.8. The van der Waals surface area contributed by atoms with Crippen molar-refractivity contribution >= 4 is 0 Å². The van der Waals surface area contributed by atoms with E-state index in [-0.39, 0.29) is 0 Å². The predicted molar refractivity (Wildman–Crippen MR) is 68.9 cm³/mol. The largest absolute Gasteiger partial charge is 0.0851 e. The molecule has 1 aliphatic carbocycles. The molecule has 0 heterocycles. The smallest absolute Gasteiger partial charge is 0.00254 e. The Morgan fingerprint density at radius 2 is 2.20 bits per heavy atom. The summed E-state index contributed by atoms with van der Waals surface area (Å²) in [5.41, 5.74) is 2.01. The van der Waals surface area contributed by atoms with Crippen LogP contribution in [-0.2, 0) is 0 Å². The molecular weight excluding hydrogens is 180 g/mol. The summed E-state index contributed by atoms with van der Waals surface area (Å²) in [7, 11) is 0. The molecule has 0 nitrogen and oxygen atoms in total. The molecule has 0 aromatic heterocycles. The van der Waals surface area contributed by atoms with Crippen LogP contribution in [0.25, 0.3) is 0 Å². The van der Waals surface area contributed by atoms with Gasteiger partial charge in [-0.15, -0.1) is 0 Å². The molecule has 0 aromatic carbocycles. The van der Waals surface area contributed by atoms with E-state index in [0.717, 1.165) is 5.92 Å². The first kappa shape index (κ1) is 12.5. The lowest BCUT2D eigenvalue weighted by atomic mass is 9.68. The van der Waals surface area contributed by atoms with Gasteiger partial charge in [0.2, 0.25) is 0 Å². The zero-order valence-electron chi connectivity index (χ0n) is 11.0. The van der Waals surface area contributed by atoms with Gasteiger partial charge in [0.1, 0.15) is 0 Å². The third kappa shape index (κ3) is 3.22. The molecule has 15 heavy (non-hydrogen) atoms. The number of hydrogen-bond acceptors (Lipinski definition) is 0. The Morgan fingerprint density at radius 3 is 2.73 bits per heavy atom. The lowest BCUT2D eigenvalue weighted by Gasteiger charge is -2.36. The lowest BCUT2D eigenvalue weighted by molar-refractivity contribution is 0.255. The summed E-state index contributed by atoms with van der Waals surface area (Å²) in [4.78, 5) is 0. The van der Waals surface area contributed by atoms with Crippen LogP contribution in [0.5, 0.6) is 0 Å². The maximum atomic E-state index is 2.44. The van der Waals surface area contributed by atoms with Crippen LogP contribution in [0.2, 0.25) is 0 Å². The van der Waals surface area contributed by atoms with Gasteiger partial charge in [-0.3, -0.25) is 0 Å². The monoisotopic (exact) mass is 206 g/mol. The van der Waals surface area contributed by atoms with Crippen LogP contribution in [0, 0.1) is 17.3 Å². The number of allylic oxidation sites excluding steroid dienone is 4. The topological polar surface area (TPSA) is 0 Å². The number of hydrogen-bond donors (Lipinski definition) is 0. The van der Waals surface area contributed by atoms with Crippen molar-refractivity contribution in [3.63, 3.8) is 0 Å². The highest BCUT2D eigenvalue weighted by atomic mass is 14.3. The molecule has 0 saturated carbocycles. The third-order valence-corrected chi connectivity index (χ3v) is 3.86. The molecule has 0 N–H and O–H groups in total. The van der Waals surface area contributed by atoms with E-state index < -0.39 is 0 Å². The van der Waals surface area contributed by atoms with Crippen LogP contribution in [-0.4, -0.2) is 0 Å². The van der Waals surface area contributed by atoms with Crippen molar-refractivity contribution in [1.82, 2.24) is 0 Å². The van der Waals surface area contributed by atoms with Crippen molar-refractivity contribution in [3.8, 4) is 0 Å². The van der Waals surface area contributed by atoms with E-state index in [1.165, 1.54) is 19.3 Å². The number of rotatable bonds is 3. The SMILES string of the molecule is CCC(C)/C=C/C1C(C)=CCCC1(C)C. The molecule has 0 heteroatoms. The average molecular weight is 206 g/mol. The maximum absolute atomic E-state index is 2.44. The van der Waals surface area contributed by atoms with E-state index in [2.05, 4.69) is 52.8 Å².